The zero-order chi connectivity index (χ0) is 14.8. The first kappa shape index (κ1) is 16.5. The van der Waals surface area contributed by atoms with Crippen molar-refractivity contribution >= 4 is 18.3 Å². The molecule has 0 spiro atoms. The standard InChI is InChI=1S/C16H20N4O.ClH/c1-12-10-17-8-9-19(12)16(21)15-11-20(18-13(15)2)14-6-4-3-5-7-14;/h3-7,11-12,17H,8-10H2,1-2H3;1H. The van der Waals surface area contributed by atoms with Crippen LogP contribution in [0.4, 0.5) is 0 Å². The van der Waals surface area contributed by atoms with E-state index in [4.69, 9.17) is 0 Å². The number of aromatic nitrogens is 2. The number of halogens is 1. The first-order chi connectivity index (χ1) is 10.2. The van der Waals surface area contributed by atoms with E-state index in [-0.39, 0.29) is 24.4 Å². The maximum Gasteiger partial charge on any atom is 0.257 e. The molecule has 1 fully saturated rings. The van der Waals surface area contributed by atoms with E-state index in [0.29, 0.717) is 5.56 Å². The minimum atomic E-state index is 0. The van der Waals surface area contributed by atoms with E-state index in [1.165, 1.54) is 0 Å². The molecule has 1 N–H and O–H groups in total. The molecule has 1 aromatic carbocycles. The van der Waals surface area contributed by atoms with Gasteiger partial charge in [0.05, 0.1) is 16.9 Å². The lowest BCUT2D eigenvalue weighted by Gasteiger charge is -2.33. The van der Waals surface area contributed by atoms with Gasteiger partial charge in [0.1, 0.15) is 0 Å². The molecular formula is C16H21ClN4O. The summed E-state index contributed by atoms with van der Waals surface area (Å²) in [7, 11) is 0. The van der Waals surface area contributed by atoms with Crippen LogP contribution in [0.5, 0.6) is 0 Å². The van der Waals surface area contributed by atoms with Crippen LogP contribution >= 0.6 is 12.4 Å². The number of carbonyl (C=O) groups excluding carboxylic acids is 1. The fraction of sp³-hybridized carbons (Fsp3) is 0.375. The van der Waals surface area contributed by atoms with E-state index in [9.17, 15) is 4.79 Å². The molecule has 1 atom stereocenters. The van der Waals surface area contributed by atoms with Crippen molar-refractivity contribution in [1.29, 1.82) is 0 Å². The number of nitrogens with one attached hydrogen (secondary N) is 1. The fourth-order valence-electron chi connectivity index (χ4n) is 2.68. The van der Waals surface area contributed by atoms with Crippen LogP contribution in [0.2, 0.25) is 0 Å². The number of hydrogen-bond acceptors (Lipinski definition) is 3. The molecule has 0 aliphatic carbocycles. The van der Waals surface area contributed by atoms with Crippen LogP contribution in [-0.4, -0.2) is 46.3 Å². The molecule has 118 valence electrons. The maximum atomic E-state index is 12.7. The molecule has 0 bridgehead atoms. The number of nitrogens with zero attached hydrogens (tertiary/aromatic N) is 3. The SMILES string of the molecule is Cc1nn(-c2ccccc2)cc1C(=O)N1CCNCC1C.Cl. The number of aryl methyl sites for hydroxylation is 1. The maximum absolute atomic E-state index is 12.7. The largest absolute Gasteiger partial charge is 0.333 e. The minimum absolute atomic E-state index is 0. The summed E-state index contributed by atoms with van der Waals surface area (Å²) >= 11 is 0. The highest BCUT2D eigenvalue weighted by atomic mass is 35.5. The molecule has 1 aromatic heterocycles. The number of piperazine rings is 1. The van der Waals surface area contributed by atoms with Crippen LogP contribution in [0.25, 0.3) is 5.69 Å². The third kappa shape index (κ3) is 3.15. The van der Waals surface area contributed by atoms with Crippen LogP contribution in [0, 0.1) is 6.92 Å². The molecule has 0 saturated carbocycles. The van der Waals surface area contributed by atoms with Gasteiger partial charge in [0.2, 0.25) is 0 Å². The van der Waals surface area contributed by atoms with E-state index in [0.717, 1.165) is 31.0 Å². The molecule has 1 aliphatic heterocycles. The third-order valence-electron chi connectivity index (χ3n) is 3.91. The van der Waals surface area contributed by atoms with Crippen LogP contribution in [0.1, 0.15) is 23.0 Å². The highest BCUT2D eigenvalue weighted by molar-refractivity contribution is 5.95. The lowest BCUT2D eigenvalue weighted by Crippen LogP contribution is -2.52. The highest BCUT2D eigenvalue weighted by Gasteiger charge is 2.26. The first-order valence-corrected chi connectivity index (χ1v) is 7.30. The Kier molecular flexibility index (Phi) is 5.21. The second kappa shape index (κ2) is 6.94. The predicted molar refractivity (Wildman–Crippen MR) is 88.9 cm³/mol. The van der Waals surface area contributed by atoms with Gasteiger partial charge in [-0.25, -0.2) is 4.68 Å². The highest BCUT2D eigenvalue weighted by Crippen LogP contribution is 2.16. The molecule has 2 heterocycles. The zero-order valence-electron chi connectivity index (χ0n) is 12.8. The van der Waals surface area contributed by atoms with Gasteiger partial charge in [-0.1, -0.05) is 18.2 Å². The summed E-state index contributed by atoms with van der Waals surface area (Å²) in [5.41, 5.74) is 2.43. The van der Waals surface area contributed by atoms with Gasteiger partial charge >= 0.3 is 0 Å². The molecular weight excluding hydrogens is 300 g/mol. The molecule has 22 heavy (non-hydrogen) atoms. The number of benzene rings is 1. The van der Waals surface area contributed by atoms with E-state index < -0.39 is 0 Å². The van der Waals surface area contributed by atoms with Crippen LogP contribution in [0.15, 0.2) is 36.5 Å². The molecule has 1 unspecified atom stereocenters. The van der Waals surface area contributed by atoms with Crippen molar-refractivity contribution in [2.24, 2.45) is 0 Å². The summed E-state index contributed by atoms with van der Waals surface area (Å²) in [5.74, 6) is 0.0729. The lowest BCUT2D eigenvalue weighted by molar-refractivity contribution is 0.0655. The summed E-state index contributed by atoms with van der Waals surface area (Å²) in [5, 5.41) is 7.78. The van der Waals surface area contributed by atoms with Gasteiger partial charge in [0.25, 0.3) is 5.91 Å². The summed E-state index contributed by atoms with van der Waals surface area (Å²) in [6.07, 6.45) is 1.84. The Bertz CT molecular complexity index is 641. The van der Waals surface area contributed by atoms with Gasteiger partial charge in [-0.15, -0.1) is 12.4 Å². The summed E-state index contributed by atoms with van der Waals surface area (Å²) < 4.78 is 1.77. The van der Waals surface area contributed by atoms with Gasteiger partial charge in [-0.2, -0.15) is 5.10 Å². The fourth-order valence-corrected chi connectivity index (χ4v) is 2.68. The van der Waals surface area contributed by atoms with Crippen molar-refractivity contribution in [2.75, 3.05) is 19.6 Å². The number of rotatable bonds is 2. The third-order valence-corrected chi connectivity index (χ3v) is 3.91. The molecule has 1 saturated heterocycles. The monoisotopic (exact) mass is 320 g/mol. The second-order valence-corrected chi connectivity index (χ2v) is 5.46. The average molecular weight is 321 g/mol. The number of para-hydroxylation sites is 1. The Morgan fingerprint density at radius 3 is 2.73 bits per heavy atom. The molecule has 2 aromatic rings. The molecule has 6 heteroatoms. The topological polar surface area (TPSA) is 50.2 Å². The van der Waals surface area contributed by atoms with E-state index >= 15 is 0 Å². The Hall–Kier alpha value is -1.85. The van der Waals surface area contributed by atoms with Crippen molar-refractivity contribution < 1.29 is 4.79 Å². The minimum Gasteiger partial charge on any atom is -0.333 e. The van der Waals surface area contributed by atoms with Gasteiger partial charge in [0, 0.05) is 31.9 Å². The summed E-state index contributed by atoms with van der Waals surface area (Å²) in [4.78, 5) is 14.6. The van der Waals surface area contributed by atoms with Crippen molar-refractivity contribution in [3.63, 3.8) is 0 Å². The van der Waals surface area contributed by atoms with Crippen molar-refractivity contribution in [3.8, 4) is 5.69 Å². The molecule has 5 nitrogen and oxygen atoms in total. The molecule has 0 radical (unpaired) electrons. The first-order valence-electron chi connectivity index (χ1n) is 7.30. The molecule has 1 amide bonds. The Labute approximate surface area is 136 Å². The zero-order valence-corrected chi connectivity index (χ0v) is 13.6. The van der Waals surface area contributed by atoms with Crippen LogP contribution in [-0.2, 0) is 0 Å². The van der Waals surface area contributed by atoms with E-state index in [1.807, 2.05) is 48.4 Å². The van der Waals surface area contributed by atoms with Gasteiger partial charge in [-0.3, -0.25) is 4.79 Å². The van der Waals surface area contributed by atoms with Crippen molar-refractivity contribution in [1.82, 2.24) is 20.0 Å². The number of amides is 1. The van der Waals surface area contributed by atoms with Gasteiger partial charge in [0.15, 0.2) is 0 Å². The average Bonchev–Trinajstić information content (AvgIpc) is 2.90. The van der Waals surface area contributed by atoms with Crippen molar-refractivity contribution in [2.45, 2.75) is 19.9 Å². The Balaban J connectivity index is 0.00000176. The number of hydrogen-bond donors (Lipinski definition) is 1. The van der Waals surface area contributed by atoms with E-state index in [1.54, 1.807) is 4.68 Å². The molecule has 1 aliphatic rings. The summed E-state index contributed by atoms with van der Waals surface area (Å²) in [6, 6.07) is 10.1. The normalized spacial score (nSPS) is 17.9. The second-order valence-electron chi connectivity index (χ2n) is 5.46. The van der Waals surface area contributed by atoms with Crippen LogP contribution < -0.4 is 5.32 Å². The smallest absolute Gasteiger partial charge is 0.257 e. The predicted octanol–water partition coefficient (Wildman–Crippen LogP) is 2.04. The van der Waals surface area contributed by atoms with Crippen LogP contribution in [0.3, 0.4) is 0 Å². The van der Waals surface area contributed by atoms with Gasteiger partial charge < -0.3 is 10.2 Å². The van der Waals surface area contributed by atoms with Gasteiger partial charge in [-0.05, 0) is 26.0 Å². The lowest BCUT2D eigenvalue weighted by atomic mass is 10.1. The van der Waals surface area contributed by atoms with Crippen molar-refractivity contribution in [3.05, 3.63) is 47.8 Å². The number of carbonyl (C=O) groups is 1. The quantitative estimate of drug-likeness (QED) is 0.921. The summed E-state index contributed by atoms with van der Waals surface area (Å²) in [6.45, 7) is 6.40. The van der Waals surface area contributed by atoms with E-state index in [2.05, 4.69) is 17.3 Å². The molecule has 3 rings (SSSR count). The Morgan fingerprint density at radius 2 is 2.05 bits per heavy atom. The Morgan fingerprint density at radius 1 is 1.32 bits per heavy atom.